The number of rotatable bonds is 4. The lowest BCUT2D eigenvalue weighted by Gasteiger charge is -2.26. The van der Waals surface area contributed by atoms with Crippen LogP contribution in [0.5, 0.6) is 0 Å². The average Bonchev–Trinajstić information content (AvgIpc) is 2.77. The van der Waals surface area contributed by atoms with E-state index in [4.69, 9.17) is 10.5 Å². The molecule has 94 valence electrons. The second kappa shape index (κ2) is 5.65. The van der Waals surface area contributed by atoms with Gasteiger partial charge in [-0.1, -0.05) is 0 Å². The number of nitrogen functional groups attached to an aromatic ring is 1. The smallest absolute Gasteiger partial charge is 0.256 e. The Kier molecular flexibility index (Phi) is 3.94. The summed E-state index contributed by atoms with van der Waals surface area (Å²) in [4.78, 5) is 13.9. The molecule has 2 heterocycles. The van der Waals surface area contributed by atoms with Crippen molar-refractivity contribution >= 4 is 11.7 Å². The highest BCUT2D eigenvalue weighted by atomic mass is 16.5. The number of nitrogens with one attached hydrogen (secondary N) is 2. The van der Waals surface area contributed by atoms with Gasteiger partial charge in [-0.3, -0.25) is 14.8 Å². The van der Waals surface area contributed by atoms with Crippen LogP contribution in [0.15, 0.2) is 6.20 Å². The van der Waals surface area contributed by atoms with Gasteiger partial charge in [0.1, 0.15) is 11.4 Å². The summed E-state index contributed by atoms with van der Waals surface area (Å²) < 4.78 is 5.24. The fourth-order valence-corrected chi connectivity index (χ4v) is 1.72. The van der Waals surface area contributed by atoms with Gasteiger partial charge in [-0.15, -0.1) is 0 Å². The van der Waals surface area contributed by atoms with Gasteiger partial charge in [0.05, 0.1) is 19.4 Å². The first-order chi connectivity index (χ1) is 8.27. The number of carbonyl (C=O) groups excluding carboxylic acids is 1. The van der Waals surface area contributed by atoms with Crippen molar-refractivity contribution in [3.05, 3.63) is 11.8 Å². The number of aromatic amines is 1. The molecular weight excluding hydrogens is 222 g/mol. The van der Waals surface area contributed by atoms with Gasteiger partial charge in [0, 0.05) is 26.2 Å². The first-order valence-corrected chi connectivity index (χ1v) is 5.64. The number of hydrogen-bond acceptors (Lipinski definition) is 5. The Bertz CT molecular complexity index is 373. The number of H-pyrrole nitrogens is 1. The number of carbonyl (C=O) groups is 1. The first kappa shape index (κ1) is 11.9. The lowest BCUT2D eigenvalue weighted by Crippen LogP contribution is -2.41. The zero-order valence-electron chi connectivity index (χ0n) is 9.61. The van der Waals surface area contributed by atoms with E-state index in [1.807, 2.05) is 0 Å². The third kappa shape index (κ3) is 3.18. The fraction of sp³-hybridized carbons (Fsp3) is 0.600. The van der Waals surface area contributed by atoms with E-state index in [0.29, 0.717) is 17.9 Å². The van der Waals surface area contributed by atoms with Crippen molar-refractivity contribution < 1.29 is 9.53 Å². The van der Waals surface area contributed by atoms with Gasteiger partial charge in [-0.2, -0.15) is 5.10 Å². The van der Waals surface area contributed by atoms with E-state index in [2.05, 4.69) is 20.4 Å². The number of morpholine rings is 1. The SMILES string of the molecule is Nc1[nH]ncc1C(=O)NCCN1CCOCC1. The molecule has 7 heteroatoms. The van der Waals surface area contributed by atoms with Gasteiger partial charge < -0.3 is 15.8 Å². The molecule has 1 saturated heterocycles. The van der Waals surface area contributed by atoms with Crippen molar-refractivity contribution in [2.45, 2.75) is 0 Å². The topological polar surface area (TPSA) is 96.3 Å². The molecular formula is C10H17N5O2. The maximum atomic E-state index is 11.7. The second-order valence-corrected chi connectivity index (χ2v) is 3.91. The van der Waals surface area contributed by atoms with Crippen LogP contribution < -0.4 is 11.1 Å². The van der Waals surface area contributed by atoms with Crippen molar-refractivity contribution in [3.8, 4) is 0 Å². The molecule has 0 unspecified atom stereocenters. The monoisotopic (exact) mass is 239 g/mol. The maximum Gasteiger partial charge on any atom is 0.256 e. The molecule has 1 amide bonds. The minimum absolute atomic E-state index is 0.190. The van der Waals surface area contributed by atoms with Crippen molar-refractivity contribution in [2.75, 3.05) is 45.1 Å². The first-order valence-electron chi connectivity index (χ1n) is 5.64. The Balaban J connectivity index is 1.71. The van der Waals surface area contributed by atoms with Crippen LogP contribution in [-0.4, -0.2) is 60.4 Å². The molecule has 0 aromatic carbocycles. The highest BCUT2D eigenvalue weighted by Gasteiger charge is 2.13. The Labute approximate surface area is 99.3 Å². The molecule has 1 aromatic rings. The molecule has 0 bridgehead atoms. The molecule has 0 atom stereocenters. The number of anilines is 1. The summed E-state index contributed by atoms with van der Waals surface area (Å²) in [5.41, 5.74) is 5.95. The van der Waals surface area contributed by atoms with Crippen LogP contribution in [0, 0.1) is 0 Å². The maximum absolute atomic E-state index is 11.7. The predicted molar refractivity (Wildman–Crippen MR) is 62.6 cm³/mol. The Morgan fingerprint density at radius 3 is 3.00 bits per heavy atom. The second-order valence-electron chi connectivity index (χ2n) is 3.91. The van der Waals surface area contributed by atoms with Crippen molar-refractivity contribution in [2.24, 2.45) is 0 Å². The average molecular weight is 239 g/mol. The zero-order valence-corrected chi connectivity index (χ0v) is 9.61. The molecule has 0 spiro atoms. The summed E-state index contributed by atoms with van der Waals surface area (Å²) in [5.74, 6) is 0.110. The number of nitrogens with two attached hydrogens (primary N) is 1. The van der Waals surface area contributed by atoms with E-state index < -0.39 is 0 Å². The third-order valence-corrected chi connectivity index (χ3v) is 2.73. The van der Waals surface area contributed by atoms with Crippen molar-refractivity contribution in [1.29, 1.82) is 0 Å². The lowest BCUT2D eigenvalue weighted by molar-refractivity contribution is 0.0383. The van der Waals surface area contributed by atoms with Crippen LogP contribution in [0.2, 0.25) is 0 Å². The number of amides is 1. The number of ether oxygens (including phenoxy) is 1. The fourth-order valence-electron chi connectivity index (χ4n) is 1.72. The normalized spacial score (nSPS) is 16.9. The summed E-state index contributed by atoms with van der Waals surface area (Å²) in [7, 11) is 0. The molecule has 4 N–H and O–H groups in total. The summed E-state index contributed by atoms with van der Waals surface area (Å²) in [6, 6.07) is 0. The molecule has 1 aliphatic rings. The molecule has 0 radical (unpaired) electrons. The van der Waals surface area contributed by atoms with Crippen molar-refractivity contribution in [3.63, 3.8) is 0 Å². The van der Waals surface area contributed by atoms with Gasteiger partial charge in [0.25, 0.3) is 5.91 Å². The van der Waals surface area contributed by atoms with Crippen LogP contribution in [0.4, 0.5) is 5.82 Å². The van der Waals surface area contributed by atoms with Gasteiger partial charge in [0.2, 0.25) is 0 Å². The van der Waals surface area contributed by atoms with Crippen LogP contribution in [-0.2, 0) is 4.74 Å². The molecule has 1 aliphatic heterocycles. The van der Waals surface area contributed by atoms with Crippen LogP contribution in [0.1, 0.15) is 10.4 Å². The largest absolute Gasteiger partial charge is 0.383 e. The minimum atomic E-state index is -0.190. The molecule has 2 rings (SSSR count). The van der Waals surface area contributed by atoms with Crippen LogP contribution >= 0.6 is 0 Å². The Morgan fingerprint density at radius 1 is 1.59 bits per heavy atom. The lowest BCUT2D eigenvalue weighted by atomic mass is 10.3. The molecule has 1 fully saturated rings. The highest BCUT2D eigenvalue weighted by Crippen LogP contribution is 2.04. The summed E-state index contributed by atoms with van der Waals surface area (Å²) in [6.07, 6.45) is 1.43. The molecule has 7 nitrogen and oxygen atoms in total. The molecule has 0 saturated carbocycles. The van der Waals surface area contributed by atoms with Crippen LogP contribution in [0.3, 0.4) is 0 Å². The molecule has 1 aromatic heterocycles. The summed E-state index contributed by atoms with van der Waals surface area (Å²) in [5, 5.41) is 9.04. The van der Waals surface area contributed by atoms with E-state index in [0.717, 1.165) is 32.8 Å². The number of hydrogen-bond donors (Lipinski definition) is 3. The zero-order chi connectivity index (χ0) is 12.1. The van der Waals surface area contributed by atoms with E-state index in [1.165, 1.54) is 6.20 Å². The van der Waals surface area contributed by atoms with E-state index >= 15 is 0 Å². The van der Waals surface area contributed by atoms with Gasteiger partial charge in [-0.25, -0.2) is 0 Å². The van der Waals surface area contributed by atoms with E-state index in [1.54, 1.807) is 0 Å². The molecule has 0 aliphatic carbocycles. The molecule has 17 heavy (non-hydrogen) atoms. The summed E-state index contributed by atoms with van der Waals surface area (Å²) >= 11 is 0. The van der Waals surface area contributed by atoms with Gasteiger partial charge >= 0.3 is 0 Å². The van der Waals surface area contributed by atoms with Gasteiger partial charge in [-0.05, 0) is 0 Å². The van der Waals surface area contributed by atoms with E-state index in [-0.39, 0.29) is 5.91 Å². The highest BCUT2D eigenvalue weighted by molar-refractivity contribution is 5.98. The number of nitrogens with zero attached hydrogens (tertiary/aromatic N) is 2. The minimum Gasteiger partial charge on any atom is -0.383 e. The standard InChI is InChI=1S/C10H17N5O2/c11-9-8(7-13-14-9)10(16)12-1-2-15-3-5-17-6-4-15/h7H,1-6H2,(H,12,16)(H3,11,13,14). The van der Waals surface area contributed by atoms with Crippen molar-refractivity contribution in [1.82, 2.24) is 20.4 Å². The van der Waals surface area contributed by atoms with Crippen LogP contribution in [0.25, 0.3) is 0 Å². The quantitative estimate of drug-likeness (QED) is 0.630. The third-order valence-electron chi connectivity index (χ3n) is 2.73. The van der Waals surface area contributed by atoms with Gasteiger partial charge in [0.15, 0.2) is 0 Å². The summed E-state index contributed by atoms with van der Waals surface area (Å²) in [6.45, 7) is 4.80. The van der Waals surface area contributed by atoms with E-state index in [9.17, 15) is 4.79 Å². The number of aromatic nitrogens is 2. The predicted octanol–water partition coefficient (Wildman–Crippen LogP) is -0.946. The Morgan fingerprint density at radius 2 is 2.35 bits per heavy atom. The Hall–Kier alpha value is -1.60.